The molecule has 0 bridgehead atoms. The standard InChI is InChI=1S/C18H22F2N4O3S/c1-10-13(6-22-4-3-21-18(22)26)28-17-15(10)16(25)23(7-14(19)20)11(2)24(17)5-12-8-27-9-12/h12,14H,2-9H2,1H3,(H,21,26). The number of amides is 3. The van der Waals surface area contributed by atoms with Crippen LogP contribution in [0.15, 0.2) is 12.4 Å². The summed E-state index contributed by atoms with van der Waals surface area (Å²) in [6.07, 6.45) is -2.65. The number of rotatable bonds is 6. The van der Waals surface area contributed by atoms with E-state index >= 15 is 0 Å². The van der Waals surface area contributed by atoms with Crippen LogP contribution in [0.1, 0.15) is 20.8 Å². The van der Waals surface area contributed by atoms with E-state index in [0.29, 0.717) is 45.0 Å². The van der Waals surface area contributed by atoms with Crippen molar-refractivity contribution < 1.29 is 23.1 Å². The van der Waals surface area contributed by atoms with Gasteiger partial charge >= 0.3 is 6.03 Å². The van der Waals surface area contributed by atoms with Gasteiger partial charge in [-0.25, -0.2) is 13.6 Å². The van der Waals surface area contributed by atoms with Gasteiger partial charge in [-0.2, -0.15) is 0 Å². The van der Waals surface area contributed by atoms with Crippen LogP contribution >= 0.6 is 11.3 Å². The molecular formula is C18H22F2N4O3S. The van der Waals surface area contributed by atoms with Crippen molar-refractivity contribution in [2.45, 2.75) is 19.9 Å². The molecule has 0 radical (unpaired) electrons. The van der Waals surface area contributed by atoms with Crippen molar-refractivity contribution in [2.24, 2.45) is 5.92 Å². The maximum Gasteiger partial charge on any atom is 0.317 e. The monoisotopic (exact) mass is 412 g/mol. The summed E-state index contributed by atoms with van der Waals surface area (Å²) in [5.74, 6) is 0.0881. The van der Waals surface area contributed by atoms with Gasteiger partial charge in [-0.15, -0.1) is 11.3 Å². The fraction of sp³-hybridized carbons (Fsp3) is 0.556. The number of carbonyl (C=O) groups excluding carboxylic acids is 2. The topological polar surface area (TPSA) is 65.1 Å². The predicted octanol–water partition coefficient (Wildman–Crippen LogP) is 2.23. The van der Waals surface area contributed by atoms with Gasteiger partial charge in [0.2, 0.25) is 0 Å². The van der Waals surface area contributed by atoms with Crippen LogP contribution in [0.25, 0.3) is 0 Å². The Labute approximate surface area is 165 Å². The molecule has 2 fully saturated rings. The molecule has 1 N–H and O–H groups in total. The predicted molar refractivity (Wildman–Crippen MR) is 101 cm³/mol. The first-order valence-corrected chi connectivity index (χ1v) is 9.97. The van der Waals surface area contributed by atoms with Crippen molar-refractivity contribution in [3.63, 3.8) is 0 Å². The molecule has 10 heteroatoms. The largest absolute Gasteiger partial charge is 0.381 e. The third-order valence-corrected chi connectivity index (χ3v) is 6.60. The zero-order valence-electron chi connectivity index (χ0n) is 15.5. The van der Waals surface area contributed by atoms with E-state index in [2.05, 4.69) is 11.9 Å². The van der Waals surface area contributed by atoms with Crippen molar-refractivity contribution in [1.29, 1.82) is 0 Å². The molecule has 1 aromatic rings. The van der Waals surface area contributed by atoms with E-state index in [1.165, 1.54) is 11.3 Å². The molecule has 0 aromatic carbocycles. The molecule has 0 aliphatic carbocycles. The Balaban J connectivity index is 1.69. The fourth-order valence-electron chi connectivity index (χ4n) is 3.65. The van der Waals surface area contributed by atoms with E-state index in [4.69, 9.17) is 4.74 Å². The van der Waals surface area contributed by atoms with Gasteiger partial charge in [-0.1, -0.05) is 6.58 Å². The highest BCUT2D eigenvalue weighted by Gasteiger charge is 2.39. The van der Waals surface area contributed by atoms with Crippen LogP contribution in [-0.4, -0.2) is 67.6 Å². The number of hydrogen-bond donors (Lipinski definition) is 1. The molecule has 7 nitrogen and oxygen atoms in total. The van der Waals surface area contributed by atoms with Crippen LogP contribution in [0.3, 0.4) is 0 Å². The highest BCUT2D eigenvalue weighted by atomic mass is 32.1. The van der Waals surface area contributed by atoms with Crippen molar-refractivity contribution >= 4 is 28.3 Å². The summed E-state index contributed by atoms with van der Waals surface area (Å²) in [4.78, 5) is 30.4. The van der Waals surface area contributed by atoms with Crippen LogP contribution in [0, 0.1) is 12.8 Å². The Morgan fingerprint density at radius 2 is 2.07 bits per heavy atom. The summed E-state index contributed by atoms with van der Waals surface area (Å²) in [6, 6.07) is -0.135. The average molecular weight is 412 g/mol. The Kier molecular flexibility index (Phi) is 5.00. The average Bonchev–Trinajstić information content (AvgIpc) is 3.14. The number of alkyl halides is 2. The number of nitrogens with one attached hydrogen (secondary N) is 1. The first-order valence-electron chi connectivity index (χ1n) is 9.16. The molecule has 0 atom stereocenters. The molecular weight excluding hydrogens is 390 g/mol. The van der Waals surface area contributed by atoms with Gasteiger partial charge in [0, 0.05) is 30.4 Å². The van der Waals surface area contributed by atoms with E-state index in [1.807, 2.05) is 11.8 Å². The van der Waals surface area contributed by atoms with Crippen LogP contribution in [0.4, 0.5) is 18.6 Å². The van der Waals surface area contributed by atoms with Gasteiger partial charge in [0.05, 0.1) is 31.9 Å². The molecule has 4 rings (SSSR count). The van der Waals surface area contributed by atoms with Crippen molar-refractivity contribution in [1.82, 2.24) is 15.1 Å². The van der Waals surface area contributed by atoms with Crippen molar-refractivity contribution in [3.05, 3.63) is 28.4 Å². The van der Waals surface area contributed by atoms with Crippen LogP contribution in [-0.2, 0) is 11.3 Å². The van der Waals surface area contributed by atoms with Gasteiger partial charge in [-0.3, -0.25) is 9.69 Å². The highest BCUT2D eigenvalue weighted by molar-refractivity contribution is 7.16. The second-order valence-corrected chi connectivity index (χ2v) is 8.30. The summed E-state index contributed by atoms with van der Waals surface area (Å²) in [5, 5.41) is 3.48. The lowest BCUT2D eigenvalue weighted by atomic mass is 10.0. The Bertz CT molecular complexity index is 824. The minimum atomic E-state index is -2.65. The van der Waals surface area contributed by atoms with Crippen LogP contribution < -0.4 is 10.2 Å². The lowest BCUT2D eigenvalue weighted by molar-refractivity contribution is -0.0277. The minimum absolute atomic E-state index is 0.135. The normalized spacial score (nSPS) is 20.1. The summed E-state index contributed by atoms with van der Waals surface area (Å²) < 4.78 is 31.4. The van der Waals surface area contributed by atoms with Gasteiger partial charge in [0.15, 0.2) is 0 Å². The van der Waals surface area contributed by atoms with E-state index < -0.39 is 18.9 Å². The van der Waals surface area contributed by atoms with Crippen molar-refractivity contribution in [2.75, 3.05) is 44.3 Å². The lowest BCUT2D eigenvalue weighted by Gasteiger charge is -2.41. The Morgan fingerprint density at radius 3 is 2.64 bits per heavy atom. The lowest BCUT2D eigenvalue weighted by Crippen LogP contribution is -2.49. The smallest absolute Gasteiger partial charge is 0.317 e. The number of thiophene rings is 1. The van der Waals surface area contributed by atoms with Crippen LogP contribution in [0.5, 0.6) is 0 Å². The number of urea groups is 1. The summed E-state index contributed by atoms with van der Waals surface area (Å²) in [5.41, 5.74) is 1.18. The summed E-state index contributed by atoms with van der Waals surface area (Å²) in [6.45, 7) is 8.41. The SMILES string of the molecule is C=C1N(CC(F)F)C(=O)c2c(sc(CN3CCNC3=O)c2C)N1CC1COC1. The van der Waals surface area contributed by atoms with Crippen molar-refractivity contribution in [3.8, 4) is 0 Å². The summed E-state index contributed by atoms with van der Waals surface area (Å²) >= 11 is 1.43. The third kappa shape index (κ3) is 3.24. The molecule has 3 aliphatic rings. The maximum absolute atomic E-state index is 13.1. The highest BCUT2D eigenvalue weighted by Crippen LogP contribution is 2.43. The molecule has 1 aromatic heterocycles. The van der Waals surface area contributed by atoms with E-state index in [1.54, 1.807) is 4.90 Å². The molecule has 0 spiro atoms. The van der Waals surface area contributed by atoms with E-state index in [0.717, 1.165) is 20.3 Å². The molecule has 0 saturated carbocycles. The number of nitrogens with zero attached hydrogens (tertiary/aromatic N) is 3. The molecule has 28 heavy (non-hydrogen) atoms. The number of ether oxygens (including phenoxy) is 1. The van der Waals surface area contributed by atoms with Gasteiger partial charge in [-0.05, 0) is 12.5 Å². The first kappa shape index (κ1) is 19.1. The number of halogens is 2. The fourth-order valence-corrected chi connectivity index (χ4v) is 4.99. The number of fused-ring (bicyclic) bond motifs is 1. The molecule has 2 saturated heterocycles. The number of hydrogen-bond acceptors (Lipinski definition) is 5. The minimum Gasteiger partial charge on any atom is -0.381 e. The molecule has 3 aliphatic heterocycles. The second-order valence-electron chi connectivity index (χ2n) is 7.22. The first-order chi connectivity index (χ1) is 13.4. The van der Waals surface area contributed by atoms with Gasteiger partial charge in [0.25, 0.3) is 12.3 Å². The molecule has 3 amide bonds. The quantitative estimate of drug-likeness (QED) is 0.778. The zero-order valence-corrected chi connectivity index (χ0v) is 16.4. The zero-order chi connectivity index (χ0) is 20.0. The molecule has 152 valence electrons. The second kappa shape index (κ2) is 7.32. The van der Waals surface area contributed by atoms with Crippen LogP contribution in [0.2, 0.25) is 0 Å². The van der Waals surface area contributed by atoms with E-state index in [9.17, 15) is 18.4 Å². The number of anilines is 1. The van der Waals surface area contributed by atoms with Gasteiger partial charge < -0.3 is 19.9 Å². The summed E-state index contributed by atoms with van der Waals surface area (Å²) in [7, 11) is 0. The molecule has 0 unspecified atom stereocenters. The Morgan fingerprint density at radius 1 is 1.32 bits per heavy atom. The van der Waals surface area contributed by atoms with E-state index in [-0.39, 0.29) is 17.8 Å². The maximum atomic E-state index is 13.1. The third-order valence-electron chi connectivity index (χ3n) is 5.30. The molecule has 4 heterocycles. The number of carbonyl (C=O) groups is 2. The van der Waals surface area contributed by atoms with Gasteiger partial charge in [0.1, 0.15) is 10.8 Å². The Hall–Kier alpha value is -2.20.